The SMILES string of the molecule is Fc1ccc(-c2noc(CC3CCN(Cc4cn[nH]n4)CC3)n2)nc1. The maximum atomic E-state index is 12.9. The van der Waals surface area contributed by atoms with E-state index in [1.807, 2.05) is 0 Å². The van der Waals surface area contributed by atoms with Crippen LogP contribution in [0.3, 0.4) is 0 Å². The van der Waals surface area contributed by atoms with Gasteiger partial charge in [-0.1, -0.05) is 5.16 Å². The Kier molecular flexibility index (Phi) is 4.47. The molecule has 1 aliphatic rings. The van der Waals surface area contributed by atoms with Gasteiger partial charge in [0.05, 0.1) is 18.1 Å². The van der Waals surface area contributed by atoms with Crippen molar-refractivity contribution in [3.63, 3.8) is 0 Å². The van der Waals surface area contributed by atoms with Gasteiger partial charge in [0.25, 0.3) is 0 Å². The summed E-state index contributed by atoms with van der Waals surface area (Å²) in [6.45, 7) is 2.85. The number of aromatic amines is 1. The minimum absolute atomic E-state index is 0.384. The molecule has 0 saturated carbocycles. The van der Waals surface area contributed by atoms with Crippen molar-refractivity contribution in [2.24, 2.45) is 5.92 Å². The van der Waals surface area contributed by atoms with E-state index < -0.39 is 0 Å². The van der Waals surface area contributed by atoms with E-state index in [9.17, 15) is 4.39 Å². The molecule has 9 heteroatoms. The van der Waals surface area contributed by atoms with E-state index >= 15 is 0 Å². The molecule has 130 valence electrons. The number of likely N-dealkylation sites (tertiary alicyclic amines) is 1. The maximum Gasteiger partial charge on any atom is 0.227 e. The first kappa shape index (κ1) is 15.8. The van der Waals surface area contributed by atoms with Gasteiger partial charge in [-0.2, -0.15) is 20.4 Å². The van der Waals surface area contributed by atoms with Gasteiger partial charge in [-0.15, -0.1) is 0 Å². The Morgan fingerprint density at radius 1 is 1.24 bits per heavy atom. The molecule has 0 radical (unpaired) electrons. The standard InChI is InChI=1S/C16H18FN7O/c17-12-1-2-14(18-8-12)16-20-15(25-22-16)7-11-3-5-24(6-4-11)10-13-9-19-23-21-13/h1-2,8-9,11H,3-7,10H2,(H,19,21,23). The second kappa shape index (κ2) is 7.06. The van der Waals surface area contributed by atoms with E-state index in [1.165, 1.54) is 6.07 Å². The number of hydrogen-bond acceptors (Lipinski definition) is 7. The van der Waals surface area contributed by atoms with Crippen LogP contribution in [0.25, 0.3) is 11.5 Å². The van der Waals surface area contributed by atoms with Crippen molar-refractivity contribution < 1.29 is 8.91 Å². The zero-order chi connectivity index (χ0) is 17.1. The summed E-state index contributed by atoms with van der Waals surface area (Å²) in [5.41, 5.74) is 1.48. The van der Waals surface area contributed by atoms with Crippen LogP contribution in [0.4, 0.5) is 4.39 Å². The quantitative estimate of drug-likeness (QED) is 0.755. The lowest BCUT2D eigenvalue weighted by atomic mass is 9.93. The number of rotatable bonds is 5. The first-order valence-electron chi connectivity index (χ1n) is 8.28. The molecular weight excluding hydrogens is 325 g/mol. The topological polar surface area (TPSA) is 96.6 Å². The van der Waals surface area contributed by atoms with Crippen molar-refractivity contribution in [2.75, 3.05) is 13.1 Å². The third-order valence-corrected chi connectivity index (χ3v) is 4.45. The van der Waals surface area contributed by atoms with Crippen LogP contribution in [0, 0.1) is 11.7 Å². The third-order valence-electron chi connectivity index (χ3n) is 4.45. The first-order valence-corrected chi connectivity index (χ1v) is 8.28. The number of H-pyrrole nitrogens is 1. The molecule has 0 unspecified atom stereocenters. The Bertz CT molecular complexity index is 794. The zero-order valence-corrected chi connectivity index (χ0v) is 13.6. The van der Waals surface area contributed by atoms with Crippen LogP contribution in [-0.2, 0) is 13.0 Å². The third kappa shape index (κ3) is 3.87. The Balaban J connectivity index is 1.31. The van der Waals surface area contributed by atoms with Gasteiger partial charge in [0.15, 0.2) is 0 Å². The number of nitrogens with zero attached hydrogens (tertiary/aromatic N) is 6. The molecule has 4 rings (SSSR count). The van der Waals surface area contributed by atoms with Gasteiger partial charge in [-0.05, 0) is 44.0 Å². The minimum Gasteiger partial charge on any atom is -0.339 e. The molecule has 1 N–H and O–H groups in total. The molecular formula is C16H18FN7O. The molecule has 0 bridgehead atoms. The zero-order valence-electron chi connectivity index (χ0n) is 13.6. The molecule has 25 heavy (non-hydrogen) atoms. The predicted octanol–water partition coefficient (Wildman–Crippen LogP) is 1.84. The second-order valence-corrected chi connectivity index (χ2v) is 6.26. The summed E-state index contributed by atoms with van der Waals surface area (Å²) in [6, 6.07) is 2.88. The van der Waals surface area contributed by atoms with Gasteiger partial charge < -0.3 is 4.52 Å². The van der Waals surface area contributed by atoms with Crippen LogP contribution >= 0.6 is 0 Å². The fraction of sp³-hybridized carbons (Fsp3) is 0.438. The highest BCUT2D eigenvalue weighted by Crippen LogP contribution is 2.23. The molecule has 1 aliphatic heterocycles. The molecule has 0 amide bonds. The number of pyridine rings is 1. The number of piperidine rings is 1. The minimum atomic E-state index is -0.384. The Labute approximate surface area is 143 Å². The highest BCUT2D eigenvalue weighted by atomic mass is 19.1. The smallest absolute Gasteiger partial charge is 0.227 e. The Morgan fingerprint density at radius 3 is 2.84 bits per heavy atom. The van der Waals surface area contributed by atoms with Crippen LogP contribution in [0.2, 0.25) is 0 Å². The van der Waals surface area contributed by atoms with Gasteiger partial charge in [0, 0.05) is 13.0 Å². The molecule has 0 aromatic carbocycles. The van der Waals surface area contributed by atoms with E-state index in [-0.39, 0.29) is 5.82 Å². The summed E-state index contributed by atoms with van der Waals surface area (Å²) in [5.74, 6) is 1.14. The van der Waals surface area contributed by atoms with Crippen LogP contribution in [0.1, 0.15) is 24.4 Å². The summed E-state index contributed by atoms with van der Waals surface area (Å²) in [7, 11) is 0. The lowest BCUT2D eigenvalue weighted by Crippen LogP contribution is -2.34. The van der Waals surface area contributed by atoms with Gasteiger partial charge in [-0.25, -0.2) is 9.37 Å². The largest absolute Gasteiger partial charge is 0.339 e. The summed E-state index contributed by atoms with van der Waals surface area (Å²) < 4.78 is 18.3. The summed E-state index contributed by atoms with van der Waals surface area (Å²) >= 11 is 0. The molecule has 8 nitrogen and oxygen atoms in total. The van der Waals surface area contributed by atoms with Crippen LogP contribution in [-0.4, -0.2) is 48.5 Å². The Morgan fingerprint density at radius 2 is 2.12 bits per heavy atom. The fourth-order valence-corrected chi connectivity index (χ4v) is 3.08. The van der Waals surface area contributed by atoms with Crippen molar-refractivity contribution in [3.05, 3.63) is 41.9 Å². The van der Waals surface area contributed by atoms with Crippen LogP contribution in [0.5, 0.6) is 0 Å². The molecule has 1 fully saturated rings. The number of aromatic nitrogens is 6. The summed E-state index contributed by atoms with van der Waals surface area (Å²) in [5, 5.41) is 14.5. The van der Waals surface area contributed by atoms with Crippen LogP contribution in [0.15, 0.2) is 29.0 Å². The van der Waals surface area contributed by atoms with Crippen LogP contribution < -0.4 is 0 Å². The van der Waals surface area contributed by atoms with Gasteiger partial charge in [0.1, 0.15) is 11.5 Å². The fourth-order valence-electron chi connectivity index (χ4n) is 3.08. The van der Waals surface area contributed by atoms with Crippen molar-refractivity contribution in [1.82, 2.24) is 35.4 Å². The molecule has 3 aromatic heterocycles. The maximum absolute atomic E-state index is 12.9. The van der Waals surface area contributed by atoms with Crippen molar-refractivity contribution in [2.45, 2.75) is 25.8 Å². The molecule has 3 aromatic rings. The monoisotopic (exact) mass is 343 g/mol. The van der Waals surface area contributed by atoms with Crippen molar-refractivity contribution in [1.29, 1.82) is 0 Å². The van der Waals surface area contributed by atoms with Gasteiger partial charge in [-0.3, -0.25) is 4.90 Å². The number of nitrogens with one attached hydrogen (secondary N) is 1. The van der Waals surface area contributed by atoms with Gasteiger partial charge in [0.2, 0.25) is 11.7 Å². The van der Waals surface area contributed by atoms with Crippen molar-refractivity contribution >= 4 is 0 Å². The first-order chi connectivity index (χ1) is 12.3. The lowest BCUT2D eigenvalue weighted by molar-refractivity contribution is 0.169. The molecule has 4 heterocycles. The number of halogens is 1. The van der Waals surface area contributed by atoms with Gasteiger partial charge >= 0.3 is 0 Å². The lowest BCUT2D eigenvalue weighted by Gasteiger charge is -2.30. The van der Waals surface area contributed by atoms with E-state index in [0.717, 1.165) is 50.8 Å². The van der Waals surface area contributed by atoms with E-state index in [2.05, 4.69) is 35.4 Å². The Hall–Kier alpha value is -2.68. The van der Waals surface area contributed by atoms with E-state index in [1.54, 1.807) is 12.3 Å². The number of hydrogen-bond donors (Lipinski definition) is 1. The molecule has 1 saturated heterocycles. The van der Waals surface area contributed by atoms with Crippen molar-refractivity contribution in [3.8, 4) is 11.5 Å². The normalized spacial score (nSPS) is 16.4. The van der Waals surface area contributed by atoms with E-state index in [0.29, 0.717) is 23.3 Å². The average molecular weight is 343 g/mol. The predicted molar refractivity (Wildman–Crippen MR) is 85.6 cm³/mol. The summed E-state index contributed by atoms with van der Waals surface area (Å²) in [4.78, 5) is 10.7. The molecule has 0 aliphatic carbocycles. The highest BCUT2D eigenvalue weighted by Gasteiger charge is 2.22. The average Bonchev–Trinajstić information content (AvgIpc) is 3.29. The van der Waals surface area contributed by atoms with E-state index in [4.69, 9.17) is 4.52 Å². The highest BCUT2D eigenvalue weighted by molar-refractivity contribution is 5.47. The molecule has 0 spiro atoms. The molecule has 0 atom stereocenters. The second-order valence-electron chi connectivity index (χ2n) is 6.26. The summed E-state index contributed by atoms with van der Waals surface area (Å²) in [6.07, 6.45) is 5.81.